The molecule has 0 radical (unpaired) electrons. The van der Waals surface area contributed by atoms with Crippen LogP contribution in [0.1, 0.15) is 60.8 Å². The van der Waals surface area contributed by atoms with Crippen LogP contribution in [0, 0.1) is 29.1 Å². The van der Waals surface area contributed by atoms with Crippen molar-refractivity contribution in [3.8, 4) is 0 Å². The first-order chi connectivity index (χ1) is 10.6. The second-order valence-corrected chi connectivity index (χ2v) is 9.32. The van der Waals surface area contributed by atoms with Crippen molar-refractivity contribution in [3.63, 3.8) is 0 Å². The van der Waals surface area contributed by atoms with Crippen molar-refractivity contribution < 1.29 is 14.1 Å². The molecule has 6 heteroatoms. The molecule has 6 atom stereocenters. The van der Waals surface area contributed by atoms with E-state index in [4.69, 9.17) is 15.0 Å². The molecule has 2 N–H and O–H groups in total. The lowest BCUT2D eigenvalue weighted by molar-refractivity contribution is -0.199. The van der Waals surface area contributed by atoms with Crippen LogP contribution in [-0.2, 0) is 14.1 Å². The Morgan fingerprint density at radius 1 is 1.25 bits per heavy atom. The summed E-state index contributed by atoms with van der Waals surface area (Å²) in [7, 11) is -0.301. The maximum atomic E-state index is 11.8. The standard InChI is InChI=1S/C18H32BNO3.ClH/c1-10(2)7-13(11(3)16(20)21)19-22-15-9-12-8-14(17(12,4)5)18(15,6)23-19;/h10-15H,7-9H2,1-6H3,(H2,20,21);1H/t11?,12-,13+,14-,15+,18-;/m0./s1. The van der Waals surface area contributed by atoms with E-state index >= 15 is 0 Å². The van der Waals surface area contributed by atoms with E-state index in [-0.39, 0.29) is 48.9 Å². The quantitative estimate of drug-likeness (QED) is 0.764. The van der Waals surface area contributed by atoms with E-state index in [1.165, 1.54) is 6.42 Å². The highest BCUT2D eigenvalue weighted by molar-refractivity contribution is 6.48. The van der Waals surface area contributed by atoms with E-state index in [1.54, 1.807) is 0 Å². The topological polar surface area (TPSA) is 61.6 Å². The van der Waals surface area contributed by atoms with Crippen molar-refractivity contribution in [1.29, 1.82) is 0 Å². The zero-order chi connectivity index (χ0) is 17.2. The lowest BCUT2D eigenvalue weighted by atomic mass is 9.43. The molecule has 3 saturated carbocycles. The first-order valence-electron chi connectivity index (χ1n) is 9.20. The number of halogens is 1. The first-order valence-corrected chi connectivity index (χ1v) is 9.20. The SMILES string of the molecule is CC(C)C[C@@H](B1O[C@@H]2C[C@@H]3C[C@@H](C3(C)C)[C@]2(C)O1)C(C)C(N)=O.Cl. The normalized spacial score (nSPS) is 38.8. The molecule has 1 amide bonds. The van der Waals surface area contributed by atoms with Crippen molar-refractivity contribution in [1.82, 2.24) is 0 Å². The van der Waals surface area contributed by atoms with Crippen LogP contribution in [0.3, 0.4) is 0 Å². The molecule has 1 unspecified atom stereocenters. The van der Waals surface area contributed by atoms with Crippen LogP contribution < -0.4 is 5.73 Å². The van der Waals surface area contributed by atoms with Gasteiger partial charge in [0.25, 0.3) is 0 Å². The zero-order valence-electron chi connectivity index (χ0n) is 15.9. The van der Waals surface area contributed by atoms with Crippen LogP contribution in [0.5, 0.6) is 0 Å². The zero-order valence-corrected chi connectivity index (χ0v) is 16.7. The molecule has 1 heterocycles. The monoisotopic (exact) mass is 357 g/mol. The molecular formula is C18H33BClNO3. The third kappa shape index (κ3) is 2.91. The molecular weight excluding hydrogens is 324 g/mol. The van der Waals surface area contributed by atoms with Crippen molar-refractivity contribution in [3.05, 3.63) is 0 Å². The van der Waals surface area contributed by atoms with Crippen LogP contribution in [0.15, 0.2) is 0 Å². The van der Waals surface area contributed by atoms with Gasteiger partial charge in [-0.15, -0.1) is 12.4 Å². The fraction of sp³-hybridized carbons (Fsp3) is 0.944. The van der Waals surface area contributed by atoms with Crippen molar-refractivity contribution in [2.45, 2.75) is 78.3 Å². The Balaban J connectivity index is 0.00000208. The van der Waals surface area contributed by atoms with Gasteiger partial charge in [-0.2, -0.15) is 0 Å². The Morgan fingerprint density at radius 3 is 2.38 bits per heavy atom. The third-order valence-electron chi connectivity index (χ3n) is 7.15. The molecule has 4 aliphatic rings. The summed E-state index contributed by atoms with van der Waals surface area (Å²) in [6, 6.07) is 0. The summed E-state index contributed by atoms with van der Waals surface area (Å²) in [5, 5.41) is 0. The summed E-state index contributed by atoms with van der Waals surface area (Å²) in [5.74, 6) is 1.32. The van der Waals surface area contributed by atoms with Gasteiger partial charge in [0.2, 0.25) is 5.91 Å². The van der Waals surface area contributed by atoms with Gasteiger partial charge in [-0.3, -0.25) is 4.79 Å². The van der Waals surface area contributed by atoms with Gasteiger partial charge in [0, 0.05) is 11.7 Å². The molecule has 0 spiro atoms. The van der Waals surface area contributed by atoms with Crippen molar-refractivity contribution >= 4 is 25.4 Å². The molecule has 0 aromatic rings. The molecule has 138 valence electrons. The summed E-state index contributed by atoms with van der Waals surface area (Å²) in [5.41, 5.74) is 5.72. The molecule has 4 nitrogen and oxygen atoms in total. The number of hydrogen-bond donors (Lipinski definition) is 1. The number of primary amides is 1. The largest absolute Gasteiger partial charge is 0.461 e. The maximum absolute atomic E-state index is 11.8. The number of carbonyl (C=O) groups excluding carboxylic acids is 1. The fourth-order valence-corrected chi connectivity index (χ4v) is 5.39. The molecule has 2 bridgehead atoms. The predicted octanol–water partition coefficient (Wildman–Crippen LogP) is 3.67. The van der Waals surface area contributed by atoms with Gasteiger partial charge < -0.3 is 15.0 Å². The molecule has 4 rings (SSSR count). The number of carbonyl (C=O) groups is 1. The van der Waals surface area contributed by atoms with E-state index < -0.39 is 0 Å². The fourth-order valence-electron chi connectivity index (χ4n) is 5.39. The summed E-state index contributed by atoms with van der Waals surface area (Å²) >= 11 is 0. The molecule has 0 aromatic heterocycles. The van der Waals surface area contributed by atoms with Crippen molar-refractivity contribution in [2.24, 2.45) is 34.8 Å². The van der Waals surface area contributed by atoms with Crippen LogP contribution in [-0.4, -0.2) is 24.7 Å². The van der Waals surface area contributed by atoms with Crippen LogP contribution in [0.4, 0.5) is 0 Å². The minimum absolute atomic E-state index is 0. The van der Waals surface area contributed by atoms with Crippen LogP contribution in [0.25, 0.3) is 0 Å². The summed E-state index contributed by atoms with van der Waals surface area (Å²) in [6.07, 6.45) is 3.39. The second kappa shape index (κ2) is 6.48. The molecule has 0 aromatic carbocycles. The highest BCUT2D eigenvalue weighted by atomic mass is 35.5. The summed E-state index contributed by atoms with van der Waals surface area (Å²) < 4.78 is 12.9. The van der Waals surface area contributed by atoms with Crippen molar-refractivity contribution in [2.75, 3.05) is 0 Å². The van der Waals surface area contributed by atoms with Crippen LogP contribution in [0.2, 0.25) is 5.82 Å². The molecule has 1 saturated heterocycles. The Hall–Kier alpha value is -0.255. The number of nitrogens with two attached hydrogens (primary N) is 1. The van der Waals surface area contributed by atoms with Gasteiger partial charge in [0.15, 0.2) is 0 Å². The van der Waals surface area contributed by atoms with E-state index in [2.05, 4.69) is 34.6 Å². The summed E-state index contributed by atoms with van der Waals surface area (Å²) in [4.78, 5) is 11.8. The smallest absolute Gasteiger partial charge is 0.405 e. The summed E-state index contributed by atoms with van der Waals surface area (Å²) in [6.45, 7) is 13.2. The van der Waals surface area contributed by atoms with Gasteiger partial charge in [-0.25, -0.2) is 0 Å². The predicted molar refractivity (Wildman–Crippen MR) is 98.9 cm³/mol. The Morgan fingerprint density at radius 2 is 1.88 bits per heavy atom. The van der Waals surface area contributed by atoms with E-state index in [1.807, 2.05) is 6.92 Å². The van der Waals surface area contributed by atoms with E-state index in [0.717, 1.165) is 18.8 Å². The highest BCUT2D eigenvalue weighted by Gasteiger charge is 2.68. The number of amides is 1. The Bertz CT molecular complexity index is 501. The average molecular weight is 358 g/mol. The van der Waals surface area contributed by atoms with Crippen LogP contribution >= 0.6 is 12.4 Å². The van der Waals surface area contributed by atoms with Gasteiger partial charge in [-0.1, -0.05) is 34.6 Å². The second-order valence-electron chi connectivity index (χ2n) is 9.32. The minimum atomic E-state index is -0.301. The molecule has 1 aliphatic heterocycles. The minimum Gasteiger partial charge on any atom is -0.405 e. The highest BCUT2D eigenvalue weighted by Crippen LogP contribution is 2.66. The lowest BCUT2D eigenvalue weighted by Crippen LogP contribution is -2.65. The Kier molecular flexibility index (Phi) is 5.42. The number of rotatable bonds is 5. The average Bonchev–Trinajstić information content (AvgIpc) is 2.79. The maximum Gasteiger partial charge on any atom is 0.461 e. The molecule has 4 fully saturated rings. The van der Waals surface area contributed by atoms with Gasteiger partial charge in [0.05, 0.1) is 11.7 Å². The Labute approximate surface area is 153 Å². The number of hydrogen-bond acceptors (Lipinski definition) is 3. The van der Waals surface area contributed by atoms with E-state index in [0.29, 0.717) is 17.3 Å². The third-order valence-corrected chi connectivity index (χ3v) is 7.15. The first kappa shape index (κ1) is 20.1. The molecule has 3 aliphatic carbocycles. The molecule has 24 heavy (non-hydrogen) atoms. The lowest BCUT2D eigenvalue weighted by Gasteiger charge is -2.64. The van der Waals surface area contributed by atoms with Gasteiger partial charge in [0.1, 0.15) is 0 Å². The van der Waals surface area contributed by atoms with Gasteiger partial charge >= 0.3 is 7.12 Å². The van der Waals surface area contributed by atoms with E-state index in [9.17, 15) is 4.79 Å². The van der Waals surface area contributed by atoms with Gasteiger partial charge in [-0.05, 0) is 49.4 Å².